The van der Waals surface area contributed by atoms with Crippen LogP contribution in [0.25, 0.3) is 5.65 Å². The molecule has 4 rings (SSSR count). The van der Waals surface area contributed by atoms with Crippen molar-refractivity contribution in [1.29, 1.82) is 0 Å². The van der Waals surface area contributed by atoms with Gasteiger partial charge >= 0.3 is 0 Å². The van der Waals surface area contributed by atoms with Crippen LogP contribution in [-0.2, 0) is 11.3 Å². The van der Waals surface area contributed by atoms with E-state index in [9.17, 15) is 13.6 Å². The number of hydrogen-bond acceptors (Lipinski definition) is 5. The normalized spacial score (nSPS) is 15.6. The summed E-state index contributed by atoms with van der Waals surface area (Å²) in [7, 11) is 0. The zero-order valence-corrected chi connectivity index (χ0v) is 18.1. The van der Waals surface area contributed by atoms with Crippen LogP contribution in [0.1, 0.15) is 28.7 Å². The van der Waals surface area contributed by atoms with E-state index in [1.165, 1.54) is 18.2 Å². The maximum Gasteiger partial charge on any atom is 0.270 e. The number of aromatic nitrogens is 2. The van der Waals surface area contributed by atoms with Crippen LogP contribution in [-0.4, -0.2) is 59.1 Å². The molecule has 1 aliphatic rings. The Morgan fingerprint density at radius 2 is 1.94 bits per heavy atom. The molecule has 0 radical (unpaired) electrons. The van der Waals surface area contributed by atoms with E-state index in [0.29, 0.717) is 36.0 Å². The highest BCUT2D eigenvalue weighted by Gasteiger charge is 2.22. The van der Waals surface area contributed by atoms with Crippen LogP contribution in [0.5, 0.6) is 5.75 Å². The molecule has 0 bridgehead atoms. The van der Waals surface area contributed by atoms with E-state index in [0.717, 1.165) is 19.6 Å². The molecule has 1 fully saturated rings. The minimum Gasteiger partial charge on any atom is -0.485 e. The predicted molar refractivity (Wildman–Crippen MR) is 115 cm³/mol. The molecule has 1 amide bonds. The van der Waals surface area contributed by atoms with E-state index in [-0.39, 0.29) is 24.1 Å². The Hall–Kier alpha value is -3.04. The second-order valence-corrected chi connectivity index (χ2v) is 7.89. The summed E-state index contributed by atoms with van der Waals surface area (Å²) >= 11 is 0. The molecule has 9 heteroatoms. The van der Waals surface area contributed by atoms with Crippen molar-refractivity contribution >= 4 is 11.6 Å². The van der Waals surface area contributed by atoms with Crippen molar-refractivity contribution in [3.05, 3.63) is 65.1 Å². The molecule has 0 spiro atoms. The van der Waals surface area contributed by atoms with Crippen LogP contribution in [0.2, 0.25) is 0 Å². The zero-order chi connectivity index (χ0) is 22.7. The van der Waals surface area contributed by atoms with Crippen LogP contribution in [0.3, 0.4) is 0 Å². The summed E-state index contributed by atoms with van der Waals surface area (Å²) in [6.45, 7) is 7.24. The summed E-state index contributed by atoms with van der Waals surface area (Å²) < 4.78 is 40.5. The molecule has 32 heavy (non-hydrogen) atoms. The number of imidazole rings is 1. The average Bonchev–Trinajstić information content (AvgIpc) is 3.10. The molecular formula is C23H26F2N4O3. The highest BCUT2D eigenvalue weighted by atomic mass is 19.1. The van der Waals surface area contributed by atoms with Gasteiger partial charge < -0.3 is 14.8 Å². The molecule has 1 aromatic carbocycles. The third-order valence-corrected chi connectivity index (χ3v) is 5.45. The van der Waals surface area contributed by atoms with Gasteiger partial charge in [-0.05, 0) is 38.1 Å². The first-order valence-corrected chi connectivity index (χ1v) is 10.6. The van der Waals surface area contributed by atoms with Gasteiger partial charge in [0.15, 0.2) is 11.4 Å². The summed E-state index contributed by atoms with van der Waals surface area (Å²) in [6, 6.07) is 6.97. The molecule has 3 aromatic rings. The summed E-state index contributed by atoms with van der Waals surface area (Å²) in [5.41, 5.74) is 1.19. The molecule has 1 saturated heterocycles. The van der Waals surface area contributed by atoms with E-state index in [2.05, 4.69) is 15.2 Å². The van der Waals surface area contributed by atoms with Crippen LogP contribution in [0.4, 0.5) is 8.78 Å². The van der Waals surface area contributed by atoms with E-state index < -0.39 is 11.6 Å². The van der Waals surface area contributed by atoms with Gasteiger partial charge in [0.05, 0.1) is 24.5 Å². The smallest absolute Gasteiger partial charge is 0.270 e. The third kappa shape index (κ3) is 4.73. The lowest BCUT2D eigenvalue weighted by atomic mass is 10.2. The fourth-order valence-electron chi connectivity index (χ4n) is 3.87. The lowest BCUT2D eigenvalue weighted by molar-refractivity contribution is 0.0342. The van der Waals surface area contributed by atoms with Gasteiger partial charge in [-0.2, -0.15) is 0 Å². The number of aryl methyl sites for hydroxylation is 1. The van der Waals surface area contributed by atoms with E-state index in [4.69, 9.17) is 9.47 Å². The van der Waals surface area contributed by atoms with Crippen molar-refractivity contribution in [3.63, 3.8) is 0 Å². The molecule has 0 saturated carbocycles. The van der Waals surface area contributed by atoms with Crippen molar-refractivity contribution in [3.8, 4) is 5.75 Å². The number of pyridine rings is 1. The zero-order valence-electron chi connectivity index (χ0n) is 18.1. The monoisotopic (exact) mass is 444 g/mol. The van der Waals surface area contributed by atoms with E-state index >= 15 is 0 Å². The molecule has 3 heterocycles. The Bertz CT molecular complexity index is 1090. The van der Waals surface area contributed by atoms with Crippen LogP contribution in [0, 0.1) is 18.6 Å². The van der Waals surface area contributed by atoms with Gasteiger partial charge in [-0.15, -0.1) is 0 Å². The minimum absolute atomic E-state index is 0.0611. The van der Waals surface area contributed by atoms with Gasteiger partial charge in [-0.25, -0.2) is 13.8 Å². The van der Waals surface area contributed by atoms with Crippen LogP contribution in [0.15, 0.2) is 36.5 Å². The average molecular weight is 444 g/mol. The van der Waals surface area contributed by atoms with Crippen molar-refractivity contribution in [2.75, 3.05) is 32.8 Å². The number of carbonyl (C=O) groups is 1. The Kier molecular flexibility index (Phi) is 6.66. The first-order chi connectivity index (χ1) is 15.4. The Morgan fingerprint density at radius 3 is 2.66 bits per heavy atom. The SMILES string of the molecule is Cc1nc2c(OCc3c(F)cccc3F)cccn2c1C(=O)N[C@@H](C)CN1CCOCC1. The molecule has 2 aromatic heterocycles. The number of carbonyl (C=O) groups excluding carboxylic acids is 1. The molecule has 1 aliphatic heterocycles. The van der Waals surface area contributed by atoms with Crippen molar-refractivity contribution in [2.24, 2.45) is 0 Å². The quantitative estimate of drug-likeness (QED) is 0.607. The van der Waals surface area contributed by atoms with Crippen LogP contribution >= 0.6 is 0 Å². The fourth-order valence-corrected chi connectivity index (χ4v) is 3.87. The van der Waals surface area contributed by atoms with Gasteiger partial charge in [0.2, 0.25) is 0 Å². The number of hydrogen-bond donors (Lipinski definition) is 1. The highest BCUT2D eigenvalue weighted by molar-refractivity contribution is 5.95. The number of nitrogens with zero attached hydrogens (tertiary/aromatic N) is 3. The number of ether oxygens (including phenoxy) is 2. The number of benzene rings is 1. The summed E-state index contributed by atoms with van der Waals surface area (Å²) in [5.74, 6) is -1.26. The number of rotatable bonds is 7. The topological polar surface area (TPSA) is 68.1 Å². The standard InChI is InChI=1S/C23H26F2N4O3/c1-15(13-28-9-11-31-12-10-28)26-23(30)21-16(2)27-22-20(7-4-8-29(21)22)32-14-17-18(24)5-3-6-19(17)25/h3-8,15H,9-14H2,1-2H3,(H,26,30)/t15-/m0/s1. The number of amides is 1. The Balaban J connectivity index is 1.51. The molecule has 170 valence electrons. The van der Waals surface area contributed by atoms with Gasteiger partial charge in [-0.1, -0.05) is 6.07 Å². The Labute approximate surface area is 184 Å². The fraction of sp³-hybridized carbons (Fsp3) is 0.391. The van der Waals surface area contributed by atoms with Gasteiger partial charge in [0.1, 0.15) is 23.9 Å². The molecule has 1 atom stereocenters. The number of nitrogens with one attached hydrogen (secondary N) is 1. The van der Waals surface area contributed by atoms with Gasteiger partial charge in [0, 0.05) is 31.9 Å². The highest BCUT2D eigenvalue weighted by Crippen LogP contribution is 2.24. The summed E-state index contributed by atoms with van der Waals surface area (Å²) in [4.78, 5) is 19.7. The van der Waals surface area contributed by atoms with Gasteiger partial charge in [0.25, 0.3) is 5.91 Å². The molecule has 7 nitrogen and oxygen atoms in total. The van der Waals surface area contributed by atoms with E-state index in [1.807, 2.05) is 6.92 Å². The number of morpholine rings is 1. The van der Waals surface area contributed by atoms with Crippen molar-refractivity contribution in [1.82, 2.24) is 19.6 Å². The first-order valence-electron chi connectivity index (χ1n) is 10.6. The molecular weight excluding hydrogens is 418 g/mol. The maximum absolute atomic E-state index is 13.9. The van der Waals surface area contributed by atoms with Crippen molar-refractivity contribution < 1.29 is 23.0 Å². The first kappa shape index (κ1) is 22.2. The van der Waals surface area contributed by atoms with E-state index in [1.54, 1.807) is 29.7 Å². The molecule has 1 N–H and O–H groups in total. The summed E-state index contributed by atoms with van der Waals surface area (Å²) in [6.07, 6.45) is 1.72. The number of halogens is 2. The second kappa shape index (κ2) is 9.62. The Morgan fingerprint density at radius 1 is 1.22 bits per heavy atom. The lowest BCUT2D eigenvalue weighted by Crippen LogP contribution is -2.46. The minimum atomic E-state index is -0.675. The molecule has 0 aliphatic carbocycles. The lowest BCUT2D eigenvalue weighted by Gasteiger charge is -2.29. The maximum atomic E-state index is 13.9. The van der Waals surface area contributed by atoms with Gasteiger partial charge in [-0.3, -0.25) is 14.1 Å². The van der Waals surface area contributed by atoms with Crippen molar-refractivity contribution in [2.45, 2.75) is 26.5 Å². The predicted octanol–water partition coefficient (Wildman–Crippen LogP) is 2.95. The largest absolute Gasteiger partial charge is 0.485 e. The molecule has 0 unspecified atom stereocenters. The summed E-state index contributed by atoms with van der Waals surface area (Å²) in [5, 5.41) is 3.03. The second-order valence-electron chi connectivity index (χ2n) is 7.89. The number of fused-ring (bicyclic) bond motifs is 1. The third-order valence-electron chi connectivity index (χ3n) is 5.45. The van der Waals surface area contributed by atoms with Crippen LogP contribution < -0.4 is 10.1 Å².